The van der Waals surface area contributed by atoms with E-state index in [1.54, 1.807) is 6.92 Å². The van der Waals surface area contributed by atoms with Crippen LogP contribution in [-0.2, 0) is 20.7 Å². The predicted molar refractivity (Wildman–Crippen MR) is 81.0 cm³/mol. The standard InChI is InChI=1S/C16H20N2O3/c1-10-4-5-15-14(8-10)13(9-18-15)6-7-17-16(20)11(2)21-12(3)19/h4-5,8-9,11,18H,6-7H2,1-3H3,(H,17,20). The Bertz CT molecular complexity index is 661. The zero-order chi connectivity index (χ0) is 15.4. The maximum atomic E-state index is 11.7. The smallest absolute Gasteiger partial charge is 0.303 e. The summed E-state index contributed by atoms with van der Waals surface area (Å²) in [6.45, 7) is 5.41. The second kappa shape index (κ2) is 6.43. The lowest BCUT2D eigenvalue weighted by Crippen LogP contribution is -2.36. The fourth-order valence-electron chi connectivity index (χ4n) is 2.27. The van der Waals surface area contributed by atoms with Gasteiger partial charge in [0.15, 0.2) is 6.10 Å². The Kier molecular flexibility index (Phi) is 4.62. The van der Waals surface area contributed by atoms with Crippen molar-refractivity contribution in [3.8, 4) is 0 Å². The molecule has 0 spiro atoms. The molecule has 0 fully saturated rings. The van der Waals surface area contributed by atoms with Crippen LogP contribution in [0.4, 0.5) is 0 Å². The van der Waals surface area contributed by atoms with Crippen molar-refractivity contribution in [3.05, 3.63) is 35.5 Å². The van der Waals surface area contributed by atoms with Gasteiger partial charge in [-0.05, 0) is 38.0 Å². The van der Waals surface area contributed by atoms with Crippen LogP contribution in [0.2, 0.25) is 0 Å². The highest BCUT2D eigenvalue weighted by Gasteiger charge is 2.15. The zero-order valence-electron chi connectivity index (χ0n) is 12.5. The number of aromatic amines is 1. The molecule has 2 rings (SSSR count). The summed E-state index contributed by atoms with van der Waals surface area (Å²) in [7, 11) is 0. The molecule has 0 radical (unpaired) electrons. The minimum Gasteiger partial charge on any atom is -0.453 e. The van der Waals surface area contributed by atoms with Gasteiger partial charge in [0.2, 0.25) is 0 Å². The number of hydrogen-bond acceptors (Lipinski definition) is 3. The molecule has 5 nitrogen and oxygen atoms in total. The number of H-pyrrole nitrogens is 1. The second-order valence-electron chi connectivity index (χ2n) is 5.16. The third-order valence-electron chi connectivity index (χ3n) is 3.33. The van der Waals surface area contributed by atoms with Crippen molar-refractivity contribution in [1.29, 1.82) is 0 Å². The number of esters is 1. The highest BCUT2D eigenvalue weighted by atomic mass is 16.5. The molecule has 1 heterocycles. The number of fused-ring (bicyclic) bond motifs is 1. The fourth-order valence-corrected chi connectivity index (χ4v) is 2.27. The van der Waals surface area contributed by atoms with E-state index in [1.807, 2.05) is 6.20 Å². The Morgan fingerprint density at radius 3 is 2.86 bits per heavy atom. The highest BCUT2D eigenvalue weighted by Crippen LogP contribution is 2.19. The Balaban J connectivity index is 1.92. The van der Waals surface area contributed by atoms with E-state index < -0.39 is 12.1 Å². The van der Waals surface area contributed by atoms with Gasteiger partial charge in [-0.15, -0.1) is 0 Å². The minimum absolute atomic E-state index is 0.277. The van der Waals surface area contributed by atoms with Crippen molar-refractivity contribution in [2.75, 3.05) is 6.54 Å². The van der Waals surface area contributed by atoms with E-state index >= 15 is 0 Å². The van der Waals surface area contributed by atoms with E-state index in [9.17, 15) is 9.59 Å². The van der Waals surface area contributed by atoms with Gasteiger partial charge in [-0.3, -0.25) is 9.59 Å². The van der Waals surface area contributed by atoms with Crippen LogP contribution in [0.25, 0.3) is 10.9 Å². The van der Waals surface area contributed by atoms with Crippen LogP contribution in [0.3, 0.4) is 0 Å². The number of rotatable bonds is 5. The van der Waals surface area contributed by atoms with E-state index in [1.165, 1.54) is 17.9 Å². The van der Waals surface area contributed by atoms with E-state index in [0.717, 1.165) is 17.5 Å². The van der Waals surface area contributed by atoms with Crippen molar-refractivity contribution >= 4 is 22.8 Å². The molecule has 1 atom stereocenters. The lowest BCUT2D eigenvalue weighted by Gasteiger charge is -2.11. The molecule has 5 heteroatoms. The van der Waals surface area contributed by atoms with Gasteiger partial charge in [-0.2, -0.15) is 0 Å². The molecule has 112 valence electrons. The van der Waals surface area contributed by atoms with E-state index in [0.29, 0.717) is 6.54 Å². The summed E-state index contributed by atoms with van der Waals surface area (Å²) in [5.41, 5.74) is 3.46. The van der Waals surface area contributed by atoms with Gasteiger partial charge in [0.1, 0.15) is 0 Å². The summed E-state index contributed by atoms with van der Waals surface area (Å²) in [4.78, 5) is 25.7. The lowest BCUT2D eigenvalue weighted by molar-refractivity contribution is -0.152. The number of aromatic nitrogens is 1. The van der Waals surface area contributed by atoms with Gasteiger partial charge in [-0.25, -0.2) is 0 Å². The number of nitrogens with one attached hydrogen (secondary N) is 2. The largest absolute Gasteiger partial charge is 0.453 e. The molecule has 0 bridgehead atoms. The van der Waals surface area contributed by atoms with Crippen molar-refractivity contribution in [2.45, 2.75) is 33.3 Å². The molecule has 0 saturated carbocycles. The van der Waals surface area contributed by atoms with Crippen LogP contribution in [-0.4, -0.2) is 29.5 Å². The third-order valence-corrected chi connectivity index (χ3v) is 3.33. The summed E-state index contributed by atoms with van der Waals surface area (Å²) < 4.78 is 4.83. The van der Waals surface area contributed by atoms with Gasteiger partial charge < -0.3 is 15.0 Å². The summed E-state index contributed by atoms with van der Waals surface area (Å²) in [5, 5.41) is 3.95. The normalized spacial score (nSPS) is 12.1. The van der Waals surface area contributed by atoms with E-state index in [4.69, 9.17) is 4.74 Å². The van der Waals surface area contributed by atoms with Gasteiger partial charge >= 0.3 is 5.97 Å². The van der Waals surface area contributed by atoms with Crippen LogP contribution in [0.1, 0.15) is 25.0 Å². The van der Waals surface area contributed by atoms with Crippen LogP contribution < -0.4 is 5.32 Å². The van der Waals surface area contributed by atoms with Crippen molar-refractivity contribution in [1.82, 2.24) is 10.3 Å². The number of aryl methyl sites for hydroxylation is 1. The molecule has 1 aromatic heterocycles. The van der Waals surface area contributed by atoms with Gasteiger partial charge in [0.25, 0.3) is 5.91 Å². The number of ether oxygens (including phenoxy) is 1. The first-order chi connectivity index (χ1) is 9.97. The highest BCUT2D eigenvalue weighted by molar-refractivity contribution is 5.84. The van der Waals surface area contributed by atoms with Crippen molar-refractivity contribution < 1.29 is 14.3 Å². The Morgan fingerprint density at radius 2 is 2.14 bits per heavy atom. The molecule has 1 amide bonds. The molecule has 0 aliphatic heterocycles. The number of benzene rings is 1. The maximum absolute atomic E-state index is 11.7. The Morgan fingerprint density at radius 1 is 1.38 bits per heavy atom. The summed E-state index contributed by atoms with van der Waals surface area (Å²) >= 11 is 0. The summed E-state index contributed by atoms with van der Waals surface area (Å²) in [5.74, 6) is -0.731. The van der Waals surface area contributed by atoms with Crippen LogP contribution in [0.15, 0.2) is 24.4 Å². The average molecular weight is 288 g/mol. The first kappa shape index (κ1) is 15.1. The van der Waals surface area contributed by atoms with Crippen molar-refractivity contribution in [3.63, 3.8) is 0 Å². The first-order valence-corrected chi connectivity index (χ1v) is 6.99. The number of amides is 1. The van der Waals surface area contributed by atoms with Crippen LogP contribution >= 0.6 is 0 Å². The second-order valence-corrected chi connectivity index (χ2v) is 5.16. The summed E-state index contributed by atoms with van der Waals surface area (Å²) in [6, 6.07) is 6.24. The molecule has 2 N–H and O–H groups in total. The minimum atomic E-state index is -0.757. The molecule has 1 aromatic carbocycles. The quantitative estimate of drug-likeness (QED) is 0.828. The van der Waals surface area contributed by atoms with E-state index in [-0.39, 0.29) is 5.91 Å². The summed E-state index contributed by atoms with van der Waals surface area (Å²) in [6.07, 6.45) is 1.93. The SMILES string of the molecule is CC(=O)OC(C)C(=O)NCCc1c[nH]c2ccc(C)cc12. The molecule has 21 heavy (non-hydrogen) atoms. The fraction of sp³-hybridized carbons (Fsp3) is 0.375. The molecule has 0 aliphatic rings. The molecule has 1 unspecified atom stereocenters. The average Bonchev–Trinajstić information content (AvgIpc) is 2.80. The number of carbonyl (C=O) groups is 2. The number of hydrogen-bond donors (Lipinski definition) is 2. The first-order valence-electron chi connectivity index (χ1n) is 6.99. The molecule has 0 saturated heterocycles. The van der Waals surface area contributed by atoms with Gasteiger partial charge in [0.05, 0.1) is 0 Å². The molecule has 0 aliphatic carbocycles. The number of carbonyl (C=O) groups excluding carboxylic acids is 2. The van der Waals surface area contributed by atoms with Gasteiger partial charge in [0, 0.05) is 30.6 Å². The monoisotopic (exact) mass is 288 g/mol. The topological polar surface area (TPSA) is 71.2 Å². The Hall–Kier alpha value is -2.30. The van der Waals surface area contributed by atoms with Crippen molar-refractivity contribution in [2.24, 2.45) is 0 Å². The molecule has 2 aromatic rings. The zero-order valence-corrected chi connectivity index (χ0v) is 12.5. The van der Waals surface area contributed by atoms with E-state index in [2.05, 4.69) is 35.4 Å². The lowest BCUT2D eigenvalue weighted by atomic mass is 10.1. The third kappa shape index (κ3) is 3.84. The molecular formula is C16H20N2O3. The van der Waals surface area contributed by atoms with Gasteiger partial charge in [-0.1, -0.05) is 11.6 Å². The maximum Gasteiger partial charge on any atom is 0.303 e. The Labute approximate surface area is 123 Å². The van der Waals surface area contributed by atoms with Crippen LogP contribution in [0, 0.1) is 6.92 Å². The predicted octanol–water partition coefficient (Wildman–Crippen LogP) is 2.09. The van der Waals surface area contributed by atoms with Crippen LogP contribution in [0.5, 0.6) is 0 Å². The molecular weight excluding hydrogens is 268 g/mol.